The molecule has 0 unspecified atom stereocenters. The first-order valence-corrected chi connectivity index (χ1v) is 6.42. The van der Waals surface area contributed by atoms with E-state index in [9.17, 15) is 4.39 Å². The molecule has 0 saturated carbocycles. The van der Waals surface area contributed by atoms with Gasteiger partial charge in [0.1, 0.15) is 11.6 Å². The molecule has 0 aliphatic carbocycles. The highest BCUT2D eigenvalue weighted by atomic mass is 35.5. The molecule has 100 valence electrons. The average Bonchev–Trinajstić information content (AvgIpc) is 2.41. The normalized spacial score (nSPS) is 10.9. The molecule has 3 nitrogen and oxygen atoms in total. The van der Waals surface area contributed by atoms with E-state index in [1.807, 2.05) is 0 Å². The molecule has 0 amide bonds. The summed E-state index contributed by atoms with van der Waals surface area (Å²) in [5, 5.41) is 1.25. The Balaban J connectivity index is 2.29. The van der Waals surface area contributed by atoms with Gasteiger partial charge < -0.3 is 5.73 Å². The van der Waals surface area contributed by atoms with Gasteiger partial charge in [0.15, 0.2) is 5.82 Å². The molecule has 0 bridgehead atoms. The molecule has 20 heavy (non-hydrogen) atoms. The Labute approximate surface area is 120 Å². The third-order valence-electron chi connectivity index (χ3n) is 3.12. The maximum absolute atomic E-state index is 14.2. The van der Waals surface area contributed by atoms with Crippen molar-refractivity contribution in [1.82, 2.24) is 9.97 Å². The van der Waals surface area contributed by atoms with Gasteiger partial charge in [-0.15, -0.1) is 0 Å². The third-order valence-corrected chi connectivity index (χ3v) is 3.36. The van der Waals surface area contributed by atoms with Crippen molar-refractivity contribution in [3.8, 4) is 11.4 Å². The standard InChI is InChI=1S/C15H11ClFN3/c1-8-3-2-4-11(13(8)17)15-19-12-7-9(16)5-6-10(12)14(18)20-15/h2-7H,1H3,(H2,18,19,20). The minimum Gasteiger partial charge on any atom is -0.383 e. The molecule has 0 aliphatic rings. The molecule has 0 radical (unpaired) electrons. The van der Waals surface area contributed by atoms with E-state index < -0.39 is 0 Å². The Morgan fingerprint density at radius 2 is 1.95 bits per heavy atom. The van der Waals surface area contributed by atoms with E-state index in [2.05, 4.69) is 9.97 Å². The van der Waals surface area contributed by atoms with Crippen LogP contribution in [0.2, 0.25) is 5.02 Å². The summed E-state index contributed by atoms with van der Waals surface area (Å²) in [5.41, 5.74) is 7.38. The highest BCUT2D eigenvalue weighted by molar-refractivity contribution is 6.31. The number of nitrogen functional groups attached to an aromatic ring is 1. The summed E-state index contributed by atoms with van der Waals surface area (Å²) in [6.45, 7) is 1.69. The first-order chi connectivity index (χ1) is 9.56. The summed E-state index contributed by atoms with van der Waals surface area (Å²) < 4.78 is 14.2. The summed E-state index contributed by atoms with van der Waals surface area (Å²) in [6, 6.07) is 10.2. The van der Waals surface area contributed by atoms with Gasteiger partial charge in [0, 0.05) is 10.4 Å². The second kappa shape index (κ2) is 4.72. The predicted molar refractivity (Wildman–Crippen MR) is 79.1 cm³/mol. The van der Waals surface area contributed by atoms with Crippen molar-refractivity contribution in [2.75, 3.05) is 5.73 Å². The summed E-state index contributed by atoms with van der Waals surface area (Å²) >= 11 is 5.95. The molecule has 2 N–H and O–H groups in total. The van der Waals surface area contributed by atoms with Crippen LogP contribution in [0.3, 0.4) is 0 Å². The van der Waals surface area contributed by atoms with Crippen LogP contribution in [0, 0.1) is 12.7 Å². The van der Waals surface area contributed by atoms with Crippen LogP contribution in [-0.2, 0) is 0 Å². The van der Waals surface area contributed by atoms with Gasteiger partial charge in [-0.25, -0.2) is 14.4 Å². The van der Waals surface area contributed by atoms with Crippen molar-refractivity contribution in [3.05, 3.63) is 52.8 Å². The number of aryl methyl sites for hydroxylation is 1. The van der Waals surface area contributed by atoms with Gasteiger partial charge in [0.25, 0.3) is 0 Å². The van der Waals surface area contributed by atoms with Crippen LogP contribution >= 0.6 is 11.6 Å². The fourth-order valence-corrected chi connectivity index (χ4v) is 2.23. The summed E-state index contributed by atoms with van der Waals surface area (Å²) in [6.07, 6.45) is 0. The highest BCUT2D eigenvalue weighted by Crippen LogP contribution is 2.27. The average molecular weight is 288 g/mol. The molecular formula is C15H11ClFN3. The minimum absolute atomic E-state index is 0.262. The number of hydrogen-bond acceptors (Lipinski definition) is 3. The fourth-order valence-electron chi connectivity index (χ4n) is 2.07. The Hall–Kier alpha value is -2.20. The number of hydrogen-bond donors (Lipinski definition) is 1. The number of rotatable bonds is 1. The Bertz CT molecular complexity index is 818. The maximum Gasteiger partial charge on any atom is 0.165 e. The van der Waals surface area contributed by atoms with E-state index in [0.717, 1.165) is 0 Å². The van der Waals surface area contributed by atoms with Gasteiger partial charge in [-0.3, -0.25) is 0 Å². The van der Waals surface area contributed by atoms with Crippen molar-refractivity contribution in [3.63, 3.8) is 0 Å². The van der Waals surface area contributed by atoms with Crippen molar-refractivity contribution in [2.24, 2.45) is 0 Å². The lowest BCUT2D eigenvalue weighted by Crippen LogP contribution is -1.99. The molecule has 1 heterocycles. The zero-order valence-electron chi connectivity index (χ0n) is 10.7. The molecule has 0 aliphatic heterocycles. The minimum atomic E-state index is -0.340. The molecule has 0 saturated heterocycles. The van der Waals surface area contributed by atoms with Crippen LogP contribution in [0.25, 0.3) is 22.3 Å². The molecule has 3 aromatic rings. The molecule has 5 heteroatoms. The van der Waals surface area contributed by atoms with Crippen molar-refractivity contribution < 1.29 is 4.39 Å². The smallest absolute Gasteiger partial charge is 0.165 e. The summed E-state index contributed by atoms with van der Waals surface area (Å²) in [4.78, 5) is 8.54. The first-order valence-electron chi connectivity index (χ1n) is 6.04. The van der Waals surface area contributed by atoms with Gasteiger partial charge in [-0.2, -0.15) is 0 Å². The SMILES string of the molecule is Cc1cccc(-c2nc(N)c3ccc(Cl)cc3n2)c1F. The fraction of sp³-hybridized carbons (Fsp3) is 0.0667. The zero-order valence-corrected chi connectivity index (χ0v) is 11.4. The molecule has 0 fully saturated rings. The molecule has 2 aromatic carbocycles. The number of aromatic nitrogens is 2. The van der Waals surface area contributed by atoms with Gasteiger partial charge in [0.2, 0.25) is 0 Å². The highest BCUT2D eigenvalue weighted by Gasteiger charge is 2.12. The lowest BCUT2D eigenvalue weighted by molar-refractivity contribution is 0.621. The van der Waals surface area contributed by atoms with E-state index in [-0.39, 0.29) is 11.6 Å². The van der Waals surface area contributed by atoms with Crippen molar-refractivity contribution in [1.29, 1.82) is 0 Å². The number of nitrogens with two attached hydrogens (primary N) is 1. The Kier molecular flexibility index (Phi) is 3.03. The van der Waals surface area contributed by atoms with Crippen molar-refractivity contribution >= 4 is 28.3 Å². The van der Waals surface area contributed by atoms with Crippen LogP contribution in [-0.4, -0.2) is 9.97 Å². The van der Waals surface area contributed by atoms with E-state index in [1.54, 1.807) is 43.3 Å². The lowest BCUT2D eigenvalue weighted by Gasteiger charge is -2.07. The van der Waals surface area contributed by atoms with Crippen LogP contribution in [0.15, 0.2) is 36.4 Å². The number of anilines is 1. The quantitative estimate of drug-likeness (QED) is 0.736. The molecule has 0 atom stereocenters. The monoisotopic (exact) mass is 287 g/mol. The zero-order chi connectivity index (χ0) is 14.3. The topological polar surface area (TPSA) is 51.8 Å². The van der Waals surface area contributed by atoms with Crippen LogP contribution in [0.1, 0.15) is 5.56 Å². The maximum atomic E-state index is 14.2. The van der Waals surface area contributed by atoms with Crippen LogP contribution in [0.5, 0.6) is 0 Å². The predicted octanol–water partition coefficient (Wildman–Crippen LogP) is 3.98. The third kappa shape index (κ3) is 2.08. The van der Waals surface area contributed by atoms with E-state index in [1.165, 1.54) is 0 Å². The molecule has 3 rings (SSSR count). The second-order valence-corrected chi connectivity index (χ2v) is 4.97. The molecular weight excluding hydrogens is 277 g/mol. The van der Waals surface area contributed by atoms with Gasteiger partial charge in [-0.05, 0) is 36.8 Å². The van der Waals surface area contributed by atoms with Crippen LogP contribution in [0.4, 0.5) is 10.2 Å². The van der Waals surface area contributed by atoms with Crippen molar-refractivity contribution in [2.45, 2.75) is 6.92 Å². The molecule has 0 spiro atoms. The summed E-state index contributed by atoms with van der Waals surface area (Å²) in [5.74, 6) is 0.231. The first kappa shape index (κ1) is 12.8. The molecule has 1 aromatic heterocycles. The van der Waals surface area contributed by atoms with E-state index in [4.69, 9.17) is 17.3 Å². The Morgan fingerprint density at radius 3 is 2.75 bits per heavy atom. The lowest BCUT2D eigenvalue weighted by atomic mass is 10.1. The second-order valence-electron chi connectivity index (χ2n) is 4.53. The van der Waals surface area contributed by atoms with Gasteiger partial charge in [-0.1, -0.05) is 23.7 Å². The number of nitrogens with zero attached hydrogens (tertiary/aromatic N) is 2. The summed E-state index contributed by atoms with van der Waals surface area (Å²) in [7, 11) is 0. The van der Waals surface area contributed by atoms with Gasteiger partial charge >= 0.3 is 0 Å². The van der Waals surface area contributed by atoms with Crippen LogP contribution < -0.4 is 5.73 Å². The Morgan fingerprint density at radius 1 is 1.15 bits per heavy atom. The number of halogens is 2. The number of fused-ring (bicyclic) bond motifs is 1. The van der Waals surface area contributed by atoms with Gasteiger partial charge in [0.05, 0.1) is 11.1 Å². The van der Waals surface area contributed by atoms with E-state index >= 15 is 0 Å². The number of benzene rings is 2. The largest absolute Gasteiger partial charge is 0.383 e. The van der Waals surface area contributed by atoms with E-state index in [0.29, 0.717) is 32.9 Å².